The summed E-state index contributed by atoms with van der Waals surface area (Å²) < 4.78 is 5.04. The van der Waals surface area contributed by atoms with E-state index in [1.54, 1.807) is 24.3 Å². The molecule has 1 aromatic rings. The average Bonchev–Trinajstić information content (AvgIpc) is 2.16. The zero-order chi connectivity index (χ0) is 11.6. The Morgan fingerprint density at radius 3 is 2.81 bits per heavy atom. The molecule has 2 rings (SSSR count). The van der Waals surface area contributed by atoms with Gasteiger partial charge in [0.2, 0.25) is 5.91 Å². The SMILES string of the molecule is NCC1(C(=O)Nc2cccc(Cl)c2)COC1. The van der Waals surface area contributed by atoms with Crippen LogP contribution in [0.3, 0.4) is 0 Å². The van der Waals surface area contributed by atoms with E-state index < -0.39 is 5.41 Å². The Kier molecular flexibility index (Phi) is 3.14. The lowest BCUT2D eigenvalue weighted by Crippen LogP contribution is -2.56. The van der Waals surface area contributed by atoms with Gasteiger partial charge in [-0.05, 0) is 18.2 Å². The third kappa shape index (κ3) is 2.04. The van der Waals surface area contributed by atoms with Gasteiger partial charge in [-0.25, -0.2) is 0 Å². The molecule has 1 saturated heterocycles. The van der Waals surface area contributed by atoms with E-state index in [0.29, 0.717) is 30.5 Å². The third-order valence-electron chi connectivity index (χ3n) is 2.71. The van der Waals surface area contributed by atoms with E-state index in [9.17, 15) is 4.79 Å². The number of carbonyl (C=O) groups is 1. The first-order valence-corrected chi connectivity index (χ1v) is 5.39. The number of amides is 1. The fourth-order valence-electron chi connectivity index (χ4n) is 1.52. The molecule has 0 aromatic heterocycles. The summed E-state index contributed by atoms with van der Waals surface area (Å²) in [6.45, 7) is 1.06. The van der Waals surface area contributed by atoms with Gasteiger partial charge >= 0.3 is 0 Å². The standard InChI is InChI=1S/C11H13ClN2O2/c12-8-2-1-3-9(4-8)14-10(15)11(5-13)6-16-7-11/h1-4H,5-7,13H2,(H,14,15). The van der Waals surface area contributed by atoms with Crippen LogP contribution in [0.5, 0.6) is 0 Å². The summed E-state index contributed by atoms with van der Waals surface area (Å²) >= 11 is 5.82. The molecule has 1 amide bonds. The Bertz CT molecular complexity index is 399. The van der Waals surface area contributed by atoms with Crippen molar-refractivity contribution >= 4 is 23.2 Å². The maximum Gasteiger partial charge on any atom is 0.236 e. The molecule has 1 aromatic carbocycles. The van der Waals surface area contributed by atoms with Crippen molar-refractivity contribution in [2.24, 2.45) is 11.1 Å². The van der Waals surface area contributed by atoms with E-state index >= 15 is 0 Å². The Hall–Kier alpha value is -1.10. The number of rotatable bonds is 3. The predicted octanol–water partition coefficient (Wildman–Crippen LogP) is 1.25. The van der Waals surface area contributed by atoms with E-state index in [4.69, 9.17) is 22.1 Å². The Morgan fingerprint density at radius 2 is 2.31 bits per heavy atom. The van der Waals surface area contributed by atoms with Crippen LogP contribution in [0.1, 0.15) is 0 Å². The fourth-order valence-corrected chi connectivity index (χ4v) is 1.71. The summed E-state index contributed by atoms with van der Waals surface area (Å²) in [5, 5.41) is 3.38. The van der Waals surface area contributed by atoms with Crippen molar-refractivity contribution in [3.05, 3.63) is 29.3 Å². The molecule has 0 unspecified atom stereocenters. The summed E-state index contributed by atoms with van der Waals surface area (Å²) in [4.78, 5) is 11.9. The minimum atomic E-state index is -0.567. The molecule has 0 saturated carbocycles. The number of halogens is 1. The Balaban J connectivity index is 2.07. The first-order chi connectivity index (χ1) is 7.66. The normalized spacial score (nSPS) is 17.6. The minimum absolute atomic E-state index is 0.108. The van der Waals surface area contributed by atoms with Crippen molar-refractivity contribution in [1.82, 2.24) is 0 Å². The molecule has 3 N–H and O–H groups in total. The Labute approximate surface area is 98.7 Å². The summed E-state index contributed by atoms with van der Waals surface area (Å²) in [5.74, 6) is -0.108. The van der Waals surface area contributed by atoms with Crippen LogP contribution in [0.25, 0.3) is 0 Å². The molecule has 86 valence electrons. The molecule has 0 radical (unpaired) electrons. The van der Waals surface area contributed by atoms with Crippen molar-refractivity contribution in [2.45, 2.75) is 0 Å². The zero-order valence-corrected chi connectivity index (χ0v) is 9.46. The van der Waals surface area contributed by atoms with Gasteiger partial charge in [-0.3, -0.25) is 4.79 Å². The van der Waals surface area contributed by atoms with Crippen molar-refractivity contribution in [2.75, 3.05) is 25.1 Å². The van der Waals surface area contributed by atoms with E-state index in [2.05, 4.69) is 5.32 Å². The molecule has 0 atom stereocenters. The number of nitrogens with one attached hydrogen (secondary N) is 1. The molecular formula is C11H13ClN2O2. The Morgan fingerprint density at radius 1 is 1.56 bits per heavy atom. The van der Waals surface area contributed by atoms with E-state index in [1.165, 1.54) is 0 Å². The monoisotopic (exact) mass is 240 g/mol. The number of ether oxygens (including phenoxy) is 1. The van der Waals surface area contributed by atoms with Gasteiger partial charge in [0.15, 0.2) is 0 Å². The van der Waals surface area contributed by atoms with Crippen molar-refractivity contribution in [3.63, 3.8) is 0 Å². The summed E-state index contributed by atoms with van der Waals surface area (Å²) in [7, 11) is 0. The van der Waals surface area contributed by atoms with Crippen LogP contribution < -0.4 is 11.1 Å². The zero-order valence-electron chi connectivity index (χ0n) is 8.70. The van der Waals surface area contributed by atoms with Crippen LogP contribution in [0, 0.1) is 5.41 Å². The highest BCUT2D eigenvalue weighted by Gasteiger charge is 2.44. The van der Waals surface area contributed by atoms with Gasteiger partial charge < -0.3 is 15.8 Å². The highest BCUT2D eigenvalue weighted by Crippen LogP contribution is 2.28. The molecule has 1 heterocycles. The van der Waals surface area contributed by atoms with Crippen LogP contribution in [-0.4, -0.2) is 25.7 Å². The third-order valence-corrected chi connectivity index (χ3v) is 2.95. The lowest BCUT2D eigenvalue weighted by molar-refractivity contribution is -0.153. The number of carbonyl (C=O) groups excluding carboxylic acids is 1. The quantitative estimate of drug-likeness (QED) is 0.836. The fraction of sp³-hybridized carbons (Fsp3) is 0.364. The molecule has 1 aliphatic rings. The van der Waals surface area contributed by atoms with Crippen LogP contribution >= 0.6 is 11.6 Å². The molecule has 16 heavy (non-hydrogen) atoms. The molecule has 1 fully saturated rings. The van der Waals surface area contributed by atoms with E-state index in [0.717, 1.165) is 0 Å². The van der Waals surface area contributed by atoms with Crippen LogP contribution in [0.2, 0.25) is 5.02 Å². The first-order valence-electron chi connectivity index (χ1n) is 5.01. The van der Waals surface area contributed by atoms with Crippen molar-refractivity contribution < 1.29 is 9.53 Å². The second-order valence-corrected chi connectivity index (χ2v) is 4.38. The number of benzene rings is 1. The highest BCUT2D eigenvalue weighted by atomic mass is 35.5. The number of nitrogens with two attached hydrogens (primary N) is 1. The van der Waals surface area contributed by atoms with Gasteiger partial charge in [0.25, 0.3) is 0 Å². The maximum absolute atomic E-state index is 11.9. The first kappa shape index (κ1) is 11.4. The van der Waals surface area contributed by atoms with Crippen LogP contribution in [-0.2, 0) is 9.53 Å². The predicted molar refractivity (Wildman–Crippen MR) is 62.4 cm³/mol. The largest absolute Gasteiger partial charge is 0.379 e. The highest BCUT2D eigenvalue weighted by molar-refractivity contribution is 6.30. The molecular weight excluding hydrogens is 228 g/mol. The van der Waals surface area contributed by atoms with Crippen molar-refractivity contribution in [1.29, 1.82) is 0 Å². The molecule has 4 nitrogen and oxygen atoms in total. The van der Waals surface area contributed by atoms with Crippen LogP contribution in [0.15, 0.2) is 24.3 Å². The molecule has 1 aliphatic heterocycles. The van der Waals surface area contributed by atoms with Crippen LogP contribution in [0.4, 0.5) is 5.69 Å². The van der Waals surface area contributed by atoms with Gasteiger partial charge in [-0.15, -0.1) is 0 Å². The van der Waals surface area contributed by atoms with Gasteiger partial charge in [-0.2, -0.15) is 0 Å². The molecule has 0 aliphatic carbocycles. The smallest absolute Gasteiger partial charge is 0.236 e. The van der Waals surface area contributed by atoms with Gasteiger partial charge in [0.1, 0.15) is 5.41 Å². The van der Waals surface area contributed by atoms with Gasteiger partial charge in [0, 0.05) is 17.3 Å². The lowest BCUT2D eigenvalue weighted by atomic mass is 9.85. The molecule has 0 spiro atoms. The molecule has 0 bridgehead atoms. The summed E-state index contributed by atoms with van der Waals surface area (Å²) in [6, 6.07) is 7.02. The number of anilines is 1. The van der Waals surface area contributed by atoms with Gasteiger partial charge in [0.05, 0.1) is 13.2 Å². The topological polar surface area (TPSA) is 64.4 Å². The summed E-state index contributed by atoms with van der Waals surface area (Å²) in [5.41, 5.74) is 5.70. The van der Waals surface area contributed by atoms with E-state index in [1.807, 2.05) is 0 Å². The van der Waals surface area contributed by atoms with Gasteiger partial charge in [-0.1, -0.05) is 17.7 Å². The van der Waals surface area contributed by atoms with E-state index in [-0.39, 0.29) is 5.91 Å². The average molecular weight is 241 g/mol. The summed E-state index contributed by atoms with van der Waals surface area (Å²) in [6.07, 6.45) is 0. The lowest BCUT2D eigenvalue weighted by Gasteiger charge is -2.38. The number of hydrogen-bond acceptors (Lipinski definition) is 3. The minimum Gasteiger partial charge on any atom is -0.379 e. The molecule has 5 heteroatoms. The second kappa shape index (κ2) is 4.41. The number of hydrogen-bond donors (Lipinski definition) is 2. The maximum atomic E-state index is 11.9. The second-order valence-electron chi connectivity index (χ2n) is 3.94. The van der Waals surface area contributed by atoms with Crippen molar-refractivity contribution in [3.8, 4) is 0 Å².